The van der Waals surface area contributed by atoms with Crippen molar-refractivity contribution < 1.29 is 115 Å². The van der Waals surface area contributed by atoms with Crippen LogP contribution in [0.15, 0.2) is 145 Å². The molecule has 7 aromatic rings. The fourth-order valence-electron chi connectivity index (χ4n) is 8.05. The summed E-state index contributed by atoms with van der Waals surface area (Å²) < 4.78 is 343. The molecule has 0 saturated heterocycles. The van der Waals surface area contributed by atoms with Crippen LogP contribution in [0, 0.1) is 0 Å². The van der Waals surface area contributed by atoms with Gasteiger partial charge in [-0.3, -0.25) is 0 Å². The highest BCUT2D eigenvalue weighted by Gasteiger charge is 2.47. The lowest BCUT2D eigenvalue weighted by Gasteiger charge is -2.46. The van der Waals surface area contributed by atoms with Gasteiger partial charge in [0.15, 0.2) is 0 Å². The molecule has 0 aliphatic carbocycles. The van der Waals surface area contributed by atoms with Gasteiger partial charge in [-0.25, -0.2) is 4.84 Å². The normalized spacial score (nSPS) is 13.2. The molecule has 0 fully saturated rings. The average Bonchev–Trinajstić information content (AvgIpc) is 3.30. The number of azide groups is 1. The van der Waals surface area contributed by atoms with Crippen LogP contribution in [0.5, 0.6) is 5.75 Å². The summed E-state index contributed by atoms with van der Waals surface area (Å²) in [6.07, 6.45) is -53.0. The second kappa shape index (κ2) is 20.3. The van der Waals surface area contributed by atoms with Crippen LogP contribution in [0.2, 0.25) is 0 Å². The number of alkyl halides is 24. The molecule has 1 heterocycles. The molecular weight excluding hydrogens is 1100 g/mol. The summed E-state index contributed by atoms with van der Waals surface area (Å²) in [6.45, 7) is 0. The minimum atomic E-state index is -6.13. The molecule has 0 bridgehead atoms. The Labute approximate surface area is 414 Å². The van der Waals surface area contributed by atoms with E-state index in [1.54, 1.807) is 22.9 Å². The smallest absolute Gasteiger partial charge is 0.231 e. The quantitative estimate of drug-likeness (QED) is 0.0392. The molecule has 0 amide bonds. The third-order valence-electron chi connectivity index (χ3n) is 11.3. The average molecular weight is 1130 g/mol. The lowest BCUT2D eigenvalue weighted by Crippen LogP contribution is -2.75. The van der Waals surface area contributed by atoms with Crippen molar-refractivity contribution in [3.63, 3.8) is 0 Å². The number of hydrogen-bond acceptors (Lipinski definition) is 2. The Balaban J connectivity index is 0.000000397. The summed E-state index contributed by atoms with van der Waals surface area (Å²) in [5, 5.41) is 4.65. The first-order valence-electron chi connectivity index (χ1n) is 20.7. The van der Waals surface area contributed by atoms with Crippen LogP contribution in [0.1, 0.15) is 44.5 Å². The summed E-state index contributed by atoms with van der Waals surface area (Å²) >= 11 is 0. The first-order valence-corrected chi connectivity index (χ1v) is 20.7. The molecule has 0 radical (unpaired) electrons. The van der Waals surface area contributed by atoms with Crippen molar-refractivity contribution in [1.82, 2.24) is 0 Å². The van der Waals surface area contributed by atoms with E-state index in [0.29, 0.717) is 11.4 Å². The van der Waals surface area contributed by atoms with E-state index < -0.39 is 195 Å². The van der Waals surface area contributed by atoms with E-state index in [4.69, 9.17) is 10.4 Å². The standard InChI is InChI=1S/C32H12BF24.C15H11N4O/c34-25(35,36)13-1-14(26(37,38)39)6-21(5-13)33(22-7-15(27(40,41)42)2-16(8-22)28(43,44)45,23-9-17(29(46,47)48)3-18(10-23)30(49,50)51)24-11-19(31(52,53)54)4-20(12-24)32(55,56)57;16-18-17-13-7-3-8-14(11-13)20-19-10-4-6-12-5-1-2-9-15(12)19/h1-12H;1-11H/q-1;+1. The Hall–Kier alpha value is -7.78. The predicted molar refractivity (Wildman–Crippen MR) is 225 cm³/mol. The number of para-hydroxylation sites is 1. The number of aromatic nitrogens is 1. The van der Waals surface area contributed by atoms with Gasteiger partial charge in [-0.2, -0.15) is 127 Å². The zero-order valence-electron chi connectivity index (χ0n) is 37.1. The molecule has 0 spiro atoms. The van der Waals surface area contributed by atoms with Gasteiger partial charge in [-0.05, 0) is 54.1 Å². The Bertz CT molecular complexity index is 2920. The number of halogens is 24. The zero-order chi connectivity index (χ0) is 57.7. The number of pyridine rings is 1. The van der Waals surface area contributed by atoms with E-state index in [0.717, 1.165) is 10.9 Å². The zero-order valence-corrected chi connectivity index (χ0v) is 37.1. The maximum Gasteiger partial charge on any atom is 0.416 e. The van der Waals surface area contributed by atoms with Gasteiger partial charge in [-0.15, -0.1) is 0 Å². The highest BCUT2D eigenvalue weighted by molar-refractivity contribution is 7.20. The molecule has 30 heteroatoms. The molecule has 77 heavy (non-hydrogen) atoms. The van der Waals surface area contributed by atoms with Crippen molar-refractivity contribution in [2.24, 2.45) is 5.11 Å². The summed E-state index contributed by atoms with van der Waals surface area (Å²) in [4.78, 5) is 8.58. The van der Waals surface area contributed by atoms with Gasteiger partial charge in [0.2, 0.25) is 11.9 Å². The first kappa shape index (κ1) is 58.5. The van der Waals surface area contributed by atoms with Crippen LogP contribution >= 0.6 is 0 Å². The van der Waals surface area contributed by atoms with E-state index in [1.165, 1.54) is 0 Å². The van der Waals surface area contributed by atoms with Crippen molar-refractivity contribution in [2.75, 3.05) is 0 Å². The van der Waals surface area contributed by atoms with E-state index in [9.17, 15) is 105 Å². The molecule has 0 atom stereocenters. The van der Waals surface area contributed by atoms with Crippen molar-refractivity contribution in [2.45, 2.75) is 49.4 Å². The van der Waals surface area contributed by atoms with Crippen molar-refractivity contribution in [3.05, 3.63) is 195 Å². The van der Waals surface area contributed by atoms with Crippen molar-refractivity contribution >= 4 is 44.6 Å². The second-order valence-corrected chi connectivity index (χ2v) is 16.4. The Morgan fingerprint density at radius 1 is 0.364 bits per heavy atom. The molecule has 408 valence electrons. The molecule has 0 saturated carbocycles. The van der Waals surface area contributed by atoms with Gasteiger partial charge >= 0.3 is 49.4 Å². The minimum Gasteiger partial charge on any atom is -0.231 e. The van der Waals surface area contributed by atoms with E-state index in [-0.39, 0.29) is 0 Å². The molecule has 0 aliphatic heterocycles. The molecule has 0 unspecified atom stereocenters. The maximum absolute atomic E-state index is 14.2. The fourth-order valence-corrected chi connectivity index (χ4v) is 8.05. The fraction of sp³-hybridized carbons (Fsp3) is 0.170. The van der Waals surface area contributed by atoms with E-state index in [1.807, 2.05) is 48.7 Å². The van der Waals surface area contributed by atoms with E-state index in [2.05, 4.69) is 10.0 Å². The molecule has 0 aliphatic rings. The largest absolute Gasteiger partial charge is 0.416 e. The van der Waals surface area contributed by atoms with Gasteiger partial charge in [0, 0.05) is 27.5 Å². The summed E-state index contributed by atoms with van der Waals surface area (Å²) in [7, 11) is 0. The Kier molecular flexibility index (Phi) is 15.4. The van der Waals surface area contributed by atoms with Crippen LogP contribution in [0.4, 0.5) is 111 Å². The number of nitrogens with zero attached hydrogens (tertiary/aromatic N) is 4. The Morgan fingerprint density at radius 2 is 0.662 bits per heavy atom. The van der Waals surface area contributed by atoms with Crippen LogP contribution in [0.25, 0.3) is 21.3 Å². The molecule has 0 N–H and O–H groups in total. The van der Waals surface area contributed by atoms with Crippen LogP contribution in [-0.4, -0.2) is 6.15 Å². The first-order chi connectivity index (χ1) is 35.1. The van der Waals surface area contributed by atoms with Gasteiger partial charge in [0.25, 0.3) is 5.52 Å². The monoisotopic (exact) mass is 1130 g/mol. The lowest BCUT2D eigenvalue weighted by atomic mass is 9.12. The molecular formula is C47H23BF24N4O. The van der Waals surface area contributed by atoms with Gasteiger partial charge in [0.1, 0.15) is 6.15 Å². The molecule has 5 nitrogen and oxygen atoms in total. The van der Waals surface area contributed by atoms with Crippen LogP contribution < -0.4 is 31.4 Å². The van der Waals surface area contributed by atoms with E-state index >= 15 is 0 Å². The van der Waals surface area contributed by atoms with Crippen LogP contribution in [-0.2, 0) is 49.4 Å². The Morgan fingerprint density at radius 3 is 0.961 bits per heavy atom. The number of fused-ring (bicyclic) bond motifs is 1. The highest BCUT2D eigenvalue weighted by atomic mass is 19.4. The number of hydrogen-bond donors (Lipinski definition) is 0. The number of rotatable bonds is 7. The van der Waals surface area contributed by atoms with Gasteiger partial charge < -0.3 is 0 Å². The summed E-state index contributed by atoms with van der Waals surface area (Å²) in [5.74, 6) is 0.608. The third kappa shape index (κ3) is 13.3. The summed E-state index contributed by atoms with van der Waals surface area (Å²) in [5.41, 5.74) is -20.3. The topological polar surface area (TPSA) is 61.9 Å². The van der Waals surface area contributed by atoms with Gasteiger partial charge in [-0.1, -0.05) is 77.9 Å². The maximum atomic E-state index is 14.2. The molecule has 1 aromatic heterocycles. The second-order valence-electron chi connectivity index (χ2n) is 16.4. The lowest BCUT2D eigenvalue weighted by molar-refractivity contribution is -0.854. The molecule has 6 aromatic carbocycles. The SMILES string of the molecule is FC(F)(F)c1cc([B-](c2cc(C(F)(F)F)cc(C(F)(F)F)c2)(c2cc(C(F)(F)F)cc(C(F)(F)F)c2)c2cc(C(F)(F)F)cc(C(F)(F)F)c2)cc(C(F)(F)F)c1.[N-]=[N+]=Nc1cccc(O[n+]2cccc3ccccc32)c1. The molecule has 7 rings (SSSR count). The van der Waals surface area contributed by atoms with Crippen LogP contribution in [0.3, 0.4) is 0 Å². The number of benzene rings is 6. The minimum absolute atomic E-state index is 0.519. The van der Waals surface area contributed by atoms with Crippen molar-refractivity contribution in [1.29, 1.82) is 0 Å². The highest BCUT2D eigenvalue weighted by Crippen LogP contribution is 2.41. The third-order valence-corrected chi connectivity index (χ3v) is 11.3. The summed E-state index contributed by atoms with van der Waals surface area (Å²) in [6, 6.07) is 10.1. The van der Waals surface area contributed by atoms with Crippen molar-refractivity contribution in [3.8, 4) is 5.75 Å². The predicted octanol–water partition coefficient (Wildman–Crippen LogP) is 15.1. The van der Waals surface area contributed by atoms with Gasteiger partial charge in [0.05, 0.1) is 49.9 Å².